The Morgan fingerprint density at radius 3 is 2.26 bits per heavy atom. The van der Waals surface area contributed by atoms with Crippen molar-refractivity contribution in [3.8, 4) is 0 Å². The van der Waals surface area contributed by atoms with Crippen molar-refractivity contribution in [1.29, 1.82) is 0 Å². The SMILES string of the molecule is Cc1c(C)c2[c-](c1C)C(C)C2.[Cl-].[Cl-].[Zr+4].[c-]1cc2ccccc2[nH]1. The fourth-order valence-electron chi connectivity index (χ4n) is 3.27. The second kappa shape index (κ2) is 9.16. The molecular weight excluding hydrogens is 404 g/mol. The molecule has 2 aromatic carbocycles. The van der Waals surface area contributed by atoms with E-state index in [0.717, 1.165) is 11.4 Å². The molecule has 0 saturated carbocycles. The van der Waals surface area contributed by atoms with Gasteiger partial charge in [-0.2, -0.15) is 33.7 Å². The van der Waals surface area contributed by atoms with E-state index in [1.807, 2.05) is 24.3 Å². The van der Waals surface area contributed by atoms with Gasteiger partial charge in [-0.1, -0.05) is 52.2 Å². The summed E-state index contributed by atoms with van der Waals surface area (Å²) in [5.41, 5.74) is 9.08. The summed E-state index contributed by atoms with van der Waals surface area (Å²) in [6, 6.07) is 10.1. The Morgan fingerprint density at radius 2 is 1.74 bits per heavy atom. The van der Waals surface area contributed by atoms with Crippen LogP contribution in [0.2, 0.25) is 0 Å². The van der Waals surface area contributed by atoms with E-state index in [0.29, 0.717) is 0 Å². The Hall–Kier alpha value is -0.427. The van der Waals surface area contributed by atoms with Gasteiger partial charge in [0, 0.05) is 0 Å². The van der Waals surface area contributed by atoms with Gasteiger partial charge in [0.1, 0.15) is 0 Å². The van der Waals surface area contributed by atoms with Crippen LogP contribution in [0.15, 0.2) is 30.3 Å². The Kier molecular flexibility index (Phi) is 8.99. The summed E-state index contributed by atoms with van der Waals surface area (Å²) in [4.78, 5) is 2.99. The maximum Gasteiger partial charge on any atom is 4.00 e. The van der Waals surface area contributed by atoms with Crippen LogP contribution in [0.4, 0.5) is 0 Å². The van der Waals surface area contributed by atoms with Crippen LogP contribution in [0, 0.1) is 27.0 Å². The molecule has 1 aromatic heterocycles. The maximum absolute atomic E-state index is 2.99. The Balaban J connectivity index is 0.000000377. The monoisotopic (exact) mass is 423 g/mol. The van der Waals surface area contributed by atoms with Gasteiger partial charge in [-0.05, 0) is 0 Å². The molecule has 4 rings (SSSR count). The summed E-state index contributed by atoms with van der Waals surface area (Å²) >= 11 is 0. The van der Waals surface area contributed by atoms with Gasteiger partial charge in [0.25, 0.3) is 0 Å². The van der Waals surface area contributed by atoms with Gasteiger partial charge in [-0.3, -0.25) is 0 Å². The van der Waals surface area contributed by atoms with Crippen molar-refractivity contribution in [2.24, 2.45) is 0 Å². The molecule has 1 unspecified atom stereocenters. The molecule has 1 heterocycles. The van der Waals surface area contributed by atoms with E-state index in [2.05, 4.69) is 44.9 Å². The Labute approximate surface area is 170 Å². The number of aromatic amines is 1. The van der Waals surface area contributed by atoms with Crippen molar-refractivity contribution in [2.45, 2.75) is 40.0 Å². The number of aromatic nitrogens is 1. The number of fused-ring (bicyclic) bond motifs is 2. The molecule has 1 nitrogen and oxygen atoms in total. The zero-order valence-electron chi connectivity index (χ0n) is 13.9. The maximum atomic E-state index is 2.99. The minimum Gasteiger partial charge on any atom is -1.00 e. The summed E-state index contributed by atoms with van der Waals surface area (Å²) < 4.78 is 0. The molecule has 1 N–H and O–H groups in total. The number of halogens is 2. The smallest absolute Gasteiger partial charge is 1.00 e. The zero-order valence-corrected chi connectivity index (χ0v) is 17.9. The number of para-hydroxylation sites is 1. The van der Waals surface area contributed by atoms with Crippen LogP contribution in [0.25, 0.3) is 10.9 Å². The third-order valence-corrected chi connectivity index (χ3v) is 4.71. The average molecular weight is 426 g/mol. The van der Waals surface area contributed by atoms with E-state index in [9.17, 15) is 0 Å². The largest absolute Gasteiger partial charge is 4.00 e. The number of hydrogen-bond acceptors (Lipinski definition) is 0. The molecule has 4 heteroatoms. The zero-order chi connectivity index (χ0) is 14.3. The van der Waals surface area contributed by atoms with Crippen molar-refractivity contribution >= 4 is 10.9 Å². The summed E-state index contributed by atoms with van der Waals surface area (Å²) in [5, 5.41) is 1.22. The van der Waals surface area contributed by atoms with Gasteiger partial charge in [0.15, 0.2) is 0 Å². The predicted octanol–water partition coefficient (Wildman–Crippen LogP) is -1.04. The molecular formula is C19H21Cl2NZr. The van der Waals surface area contributed by atoms with Gasteiger partial charge in [-0.25, -0.2) is 0 Å². The van der Waals surface area contributed by atoms with Gasteiger partial charge in [0.2, 0.25) is 0 Å². The van der Waals surface area contributed by atoms with Gasteiger partial charge in [0.05, 0.1) is 0 Å². The third kappa shape index (κ3) is 4.16. The summed E-state index contributed by atoms with van der Waals surface area (Å²) in [7, 11) is 0. The molecule has 0 aliphatic heterocycles. The Morgan fingerprint density at radius 1 is 1.09 bits per heavy atom. The van der Waals surface area contributed by atoms with Crippen molar-refractivity contribution in [3.63, 3.8) is 0 Å². The van der Waals surface area contributed by atoms with Crippen molar-refractivity contribution < 1.29 is 51.0 Å². The minimum atomic E-state index is 0. The number of nitrogens with one attached hydrogen (secondary N) is 1. The van der Waals surface area contributed by atoms with Crippen molar-refractivity contribution in [3.05, 3.63) is 64.3 Å². The first-order chi connectivity index (χ1) is 9.59. The topological polar surface area (TPSA) is 15.8 Å². The van der Waals surface area contributed by atoms with E-state index in [1.54, 1.807) is 22.3 Å². The molecule has 1 aliphatic carbocycles. The van der Waals surface area contributed by atoms with Crippen LogP contribution in [0.1, 0.15) is 40.7 Å². The Bertz CT molecular complexity index is 708. The molecule has 0 bridgehead atoms. The number of hydrogen-bond donors (Lipinski definition) is 1. The fourth-order valence-corrected chi connectivity index (χ4v) is 3.27. The van der Waals surface area contributed by atoms with Crippen LogP contribution in [-0.4, -0.2) is 4.98 Å². The quantitative estimate of drug-likeness (QED) is 0.443. The van der Waals surface area contributed by atoms with Crippen LogP contribution in [-0.2, 0) is 32.6 Å². The van der Waals surface area contributed by atoms with E-state index < -0.39 is 0 Å². The molecule has 0 fully saturated rings. The van der Waals surface area contributed by atoms with Crippen LogP contribution < -0.4 is 24.8 Å². The number of H-pyrrole nitrogens is 1. The molecule has 0 radical (unpaired) electrons. The number of rotatable bonds is 0. The molecule has 1 atom stereocenters. The van der Waals surface area contributed by atoms with E-state index in [4.69, 9.17) is 0 Å². The average Bonchev–Trinajstić information content (AvgIpc) is 2.97. The first-order valence-corrected chi connectivity index (χ1v) is 7.28. The van der Waals surface area contributed by atoms with E-state index in [1.165, 1.54) is 17.4 Å². The van der Waals surface area contributed by atoms with Crippen LogP contribution in [0.3, 0.4) is 0 Å². The standard InChI is InChI=1S/C11H15.C8H6N.2ClH.Zr/c1-6-5-10-8(3)7(2)9(4)11(6)10;1-2-4-8-7(3-1)5-6-9-8;;;/h6H,5H2,1-4H3;1-5,9H;2*1H;/q2*-1;;;+4/p-2. The molecule has 3 aromatic rings. The van der Waals surface area contributed by atoms with E-state index in [-0.39, 0.29) is 51.0 Å². The first kappa shape index (κ1) is 22.6. The summed E-state index contributed by atoms with van der Waals surface area (Å²) in [5.74, 6) is 0.831. The normalized spacial score (nSPS) is 14.2. The molecule has 0 spiro atoms. The second-order valence-electron chi connectivity index (χ2n) is 5.87. The van der Waals surface area contributed by atoms with Gasteiger partial charge < -0.3 is 29.8 Å². The van der Waals surface area contributed by atoms with Gasteiger partial charge in [-0.15, -0.1) is 29.4 Å². The third-order valence-electron chi connectivity index (χ3n) is 4.71. The minimum absolute atomic E-state index is 0. The molecule has 23 heavy (non-hydrogen) atoms. The van der Waals surface area contributed by atoms with Crippen molar-refractivity contribution in [2.75, 3.05) is 0 Å². The number of benzene rings is 1. The molecule has 120 valence electrons. The molecule has 1 aliphatic rings. The summed E-state index contributed by atoms with van der Waals surface area (Å²) in [6.45, 7) is 9.09. The van der Waals surface area contributed by atoms with E-state index >= 15 is 0 Å². The van der Waals surface area contributed by atoms with Gasteiger partial charge >= 0.3 is 26.2 Å². The first-order valence-electron chi connectivity index (χ1n) is 7.28. The predicted molar refractivity (Wildman–Crippen MR) is 85.5 cm³/mol. The van der Waals surface area contributed by atoms with Crippen molar-refractivity contribution in [1.82, 2.24) is 4.98 Å². The molecule has 0 amide bonds. The fraction of sp³-hybridized carbons (Fsp3) is 0.316. The summed E-state index contributed by atoms with van der Waals surface area (Å²) in [6.07, 6.45) is 4.23. The van der Waals surface area contributed by atoms with Crippen LogP contribution >= 0.6 is 0 Å². The van der Waals surface area contributed by atoms with Crippen LogP contribution in [0.5, 0.6) is 0 Å². The second-order valence-corrected chi connectivity index (χ2v) is 5.87. The molecule has 0 saturated heterocycles.